The number of rotatable bonds is 1. The number of aromatic carboxylic acids is 1. The molecule has 0 radical (unpaired) electrons. The van der Waals surface area contributed by atoms with E-state index in [0.717, 1.165) is 0 Å². The molecule has 2 aliphatic rings. The molecular formula is C13H16N4O4. The van der Waals surface area contributed by atoms with Crippen LogP contribution in [0.25, 0.3) is 0 Å². The number of nitrogens with one attached hydrogen (secondary N) is 2. The molecule has 112 valence electrons. The highest BCUT2D eigenvalue weighted by molar-refractivity contribution is 5.99. The Hall–Kier alpha value is -2.32. The maximum atomic E-state index is 12.6. The van der Waals surface area contributed by atoms with Crippen molar-refractivity contribution in [1.29, 1.82) is 0 Å². The Labute approximate surface area is 121 Å². The number of urea groups is 1. The van der Waals surface area contributed by atoms with Crippen molar-refractivity contribution in [3.8, 4) is 0 Å². The van der Waals surface area contributed by atoms with Crippen LogP contribution in [0.3, 0.4) is 0 Å². The normalized spacial score (nSPS) is 19.3. The van der Waals surface area contributed by atoms with E-state index in [1.165, 1.54) is 17.1 Å². The maximum Gasteiger partial charge on any atom is 0.342 e. The Morgan fingerprint density at radius 1 is 1.38 bits per heavy atom. The Kier molecular flexibility index (Phi) is 2.99. The molecular weight excluding hydrogens is 276 g/mol. The minimum atomic E-state index is -1.02. The van der Waals surface area contributed by atoms with Gasteiger partial charge in [0.05, 0.1) is 29.1 Å². The molecule has 21 heavy (non-hydrogen) atoms. The molecule has 8 heteroatoms. The van der Waals surface area contributed by atoms with Gasteiger partial charge in [0.1, 0.15) is 6.73 Å². The fraction of sp³-hybridized carbons (Fsp3) is 0.385. The van der Waals surface area contributed by atoms with Crippen molar-refractivity contribution in [2.24, 2.45) is 0 Å². The second-order valence-electron chi connectivity index (χ2n) is 5.61. The molecule has 0 aliphatic carbocycles. The van der Waals surface area contributed by atoms with E-state index in [0.29, 0.717) is 18.0 Å². The second kappa shape index (κ2) is 4.61. The average Bonchev–Trinajstić information content (AvgIpc) is 3.00. The van der Waals surface area contributed by atoms with Gasteiger partial charge in [0.2, 0.25) is 0 Å². The third kappa shape index (κ3) is 2.18. The quantitative estimate of drug-likeness (QED) is 0.720. The van der Waals surface area contributed by atoms with E-state index in [4.69, 9.17) is 9.84 Å². The van der Waals surface area contributed by atoms with Crippen LogP contribution in [0, 0.1) is 0 Å². The number of hydrogen-bond acceptors (Lipinski definition) is 5. The molecule has 3 N–H and O–H groups in total. The number of carboxylic acid groups (broad SMARTS) is 1. The van der Waals surface area contributed by atoms with Gasteiger partial charge in [-0.3, -0.25) is 4.90 Å². The van der Waals surface area contributed by atoms with Gasteiger partial charge in [-0.05, 0) is 32.0 Å². The number of nitrogens with zero attached hydrogens (tertiary/aromatic N) is 2. The molecule has 0 bridgehead atoms. The first-order chi connectivity index (χ1) is 9.90. The van der Waals surface area contributed by atoms with Crippen molar-refractivity contribution >= 4 is 23.4 Å². The number of anilines is 2. The number of carbonyl (C=O) groups is 2. The molecule has 2 heterocycles. The third-order valence-corrected chi connectivity index (χ3v) is 3.62. The standard InChI is InChI=1S/C13H16N4O4/c1-13(2)6-21-7-16(13)12(20)17-10-4-3-8(11(18)19)5-9(10)14-15-17/h3-5,14-15H,6-7H2,1-2H3,(H,18,19). The van der Waals surface area contributed by atoms with Crippen LogP contribution in [0.2, 0.25) is 0 Å². The Morgan fingerprint density at radius 2 is 2.14 bits per heavy atom. The monoisotopic (exact) mass is 292 g/mol. The van der Waals surface area contributed by atoms with Crippen molar-refractivity contribution in [1.82, 2.24) is 10.4 Å². The minimum absolute atomic E-state index is 0.155. The molecule has 2 aliphatic heterocycles. The molecule has 2 amide bonds. The average molecular weight is 292 g/mol. The SMILES string of the molecule is CC1(C)COCN1C(=O)N1NNc2cc(C(=O)O)ccc21. The zero-order valence-corrected chi connectivity index (χ0v) is 11.7. The molecule has 0 saturated carbocycles. The van der Waals surface area contributed by atoms with Crippen molar-refractivity contribution in [2.45, 2.75) is 19.4 Å². The molecule has 1 aromatic carbocycles. The summed E-state index contributed by atoms with van der Waals surface area (Å²) in [6.45, 7) is 4.56. The van der Waals surface area contributed by atoms with E-state index in [1.807, 2.05) is 13.8 Å². The molecule has 3 rings (SSSR count). The van der Waals surface area contributed by atoms with Crippen molar-refractivity contribution in [2.75, 3.05) is 23.8 Å². The summed E-state index contributed by atoms with van der Waals surface area (Å²) in [5.74, 6) is -1.02. The van der Waals surface area contributed by atoms with Gasteiger partial charge < -0.3 is 15.3 Å². The highest BCUT2D eigenvalue weighted by Crippen LogP contribution is 2.32. The molecule has 1 fully saturated rings. The van der Waals surface area contributed by atoms with Gasteiger partial charge in [-0.15, -0.1) is 5.53 Å². The van der Waals surface area contributed by atoms with E-state index in [2.05, 4.69) is 11.0 Å². The summed E-state index contributed by atoms with van der Waals surface area (Å²) in [6.07, 6.45) is 0. The number of hydrazine groups is 2. The van der Waals surface area contributed by atoms with Crippen LogP contribution in [-0.4, -0.2) is 40.9 Å². The zero-order chi connectivity index (χ0) is 15.2. The van der Waals surface area contributed by atoms with Gasteiger partial charge in [0.25, 0.3) is 0 Å². The number of carbonyl (C=O) groups excluding carboxylic acids is 1. The number of fused-ring (bicyclic) bond motifs is 1. The fourth-order valence-electron chi connectivity index (χ4n) is 2.37. The predicted molar refractivity (Wildman–Crippen MR) is 74.8 cm³/mol. The summed E-state index contributed by atoms with van der Waals surface area (Å²) in [7, 11) is 0. The predicted octanol–water partition coefficient (Wildman–Crippen LogP) is 1.22. The number of amides is 2. The molecule has 0 unspecified atom stereocenters. The molecule has 0 aromatic heterocycles. The van der Waals surface area contributed by atoms with Crippen LogP contribution in [0.5, 0.6) is 0 Å². The highest BCUT2D eigenvalue weighted by Gasteiger charge is 2.40. The van der Waals surface area contributed by atoms with Gasteiger partial charge in [-0.1, -0.05) is 0 Å². The van der Waals surface area contributed by atoms with Crippen LogP contribution < -0.4 is 16.0 Å². The van der Waals surface area contributed by atoms with E-state index in [-0.39, 0.29) is 23.9 Å². The smallest absolute Gasteiger partial charge is 0.342 e. The maximum absolute atomic E-state index is 12.6. The minimum Gasteiger partial charge on any atom is -0.478 e. The van der Waals surface area contributed by atoms with Crippen molar-refractivity contribution in [3.05, 3.63) is 23.8 Å². The van der Waals surface area contributed by atoms with E-state index < -0.39 is 5.97 Å². The second-order valence-corrected chi connectivity index (χ2v) is 5.61. The van der Waals surface area contributed by atoms with E-state index in [1.54, 1.807) is 11.0 Å². The Balaban J connectivity index is 1.87. The summed E-state index contributed by atoms with van der Waals surface area (Å²) >= 11 is 0. The lowest BCUT2D eigenvalue weighted by atomic mass is 10.1. The molecule has 1 aromatic rings. The highest BCUT2D eigenvalue weighted by atomic mass is 16.5. The van der Waals surface area contributed by atoms with Crippen LogP contribution in [-0.2, 0) is 4.74 Å². The molecule has 0 spiro atoms. The van der Waals surface area contributed by atoms with Crippen molar-refractivity contribution in [3.63, 3.8) is 0 Å². The molecule has 0 atom stereocenters. The van der Waals surface area contributed by atoms with Crippen molar-refractivity contribution < 1.29 is 19.4 Å². The fourth-order valence-corrected chi connectivity index (χ4v) is 2.37. The van der Waals surface area contributed by atoms with Crippen LogP contribution >= 0.6 is 0 Å². The number of ether oxygens (including phenoxy) is 1. The first-order valence-electron chi connectivity index (χ1n) is 6.49. The Morgan fingerprint density at radius 3 is 2.76 bits per heavy atom. The summed E-state index contributed by atoms with van der Waals surface area (Å²) in [6, 6.07) is 4.27. The summed E-state index contributed by atoms with van der Waals surface area (Å²) in [5, 5.41) is 10.3. The lowest BCUT2D eigenvalue weighted by molar-refractivity contribution is 0.0697. The van der Waals surface area contributed by atoms with Gasteiger partial charge in [0, 0.05) is 0 Å². The van der Waals surface area contributed by atoms with Gasteiger partial charge in [-0.2, -0.15) is 0 Å². The lowest BCUT2D eigenvalue weighted by Crippen LogP contribution is -2.54. The topological polar surface area (TPSA) is 94.1 Å². The summed E-state index contributed by atoms with van der Waals surface area (Å²) < 4.78 is 5.34. The van der Waals surface area contributed by atoms with Crippen LogP contribution in [0.15, 0.2) is 18.2 Å². The summed E-state index contributed by atoms with van der Waals surface area (Å²) in [4.78, 5) is 25.2. The molecule has 8 nitrogen and oxygen atoms in total. The number of carboxylic acids is 1. The number of benzene rings is 1. The van der Waals surface area contributed by atoms with Gasteiger partial charge in [0.15, 0.2) is 0 Å². The first kappa shape index (κ1) is 13.7. The van der Waals surface area contributed by atoms with Gasteiger partial charge in [-0.25, -0.2) is 14.6 Å². The number of hydrogen-bond donors (Lipinski definition) is 3. The van der Waals surface area contributed by atoms with Crippen LogP contribution in [0.1, 0.15) is 24.2 Å². The largest absolute Gasteiger partial charge is 0.478 e. The zero-order valence-electron chi connectivity index (χ0n) is 11.7. The summed E-state index contributed by atoms with van der Waals surface area (Å²) in [5.41, 5.74) is 6.44. The first-order valence-corrected chi connectivity index (χ1v) is 6.49. The van der Waals surface area contributed by atoms with E-state index >= 15 is 0 Å². The van der Waals surface area contributed by atoms with Gasteiger partial charge >= 0.3 is 12.0 Å². The third-order valence-electron chi connectivity index (χ3n) is 3.62. The Bertz CT molecular complexity index is 616. The van der Waals surface area contributed by atoms with Crippen LogP contribution in [0.4, 0.5) is 16.2 Å². The van der Waals surface area contributed by atoms with E-state index in [9.17, 15) is 9.59 Å². The molecule has 1 saturated heterocycles. The lowest BCUT2D eigenvalue weighted by Gasteiger charge is -2.32.